The van der Waals surface area contributed by atoms with E-state index in [1.54, 1.807) is 13.0 Å². The van der Waals surface area contributed by atoms with Crippen molar-refractivity contribution in [1.29, 1.82) is 0 Å². The van der Waals surface area contributed by atoms with Crippen molar-refractivity contribution in [2.24, 2.45) is 0 Å². The highest BCUT2D eigenvalue weighted by atomic mass is 19.1. The Labute approximate surface area is 221 Å². The zero-order chi connectivity index (χ0) is 27.0. The lowest BCUT2D eigenvalue weighted by molar-refractivity contribution is -0.0728. The van der Waals surface area contributed by atoms with E-state index in [4.69, 9.17) is 4.74 Å². The van der Waals surface area contributed by atoms with Crippen LogP contribution in [0.3, 0.4) is 0 Å². The van der Waals surface area contributed by atoms with Crippen LogP contribution in [0.4, 0.5) is 14.7 Å². The van der Waals surface area contributed by atoms with E-state index in [-0.39, 0.29) is 36.8 Å². The SMILES string of the molecule is CC(C)c1c(CN2CC[C@](C)(O)[C@H](F)C2)cnc2ccc(-c3nc(N[C@@H]4CCOC[C@H]4O)ncc3F)cc12. The Hall–Kier alpha value is -2.79. The molecule has 38 heavy (non-hydrogen) atoms. The number of aliphatic hydroxyl groups is 2. The van der Waals surface area contributed by atoms with Crippen molar-refractivity contribution < 1.29 is 23.7 Å². The second kappa shape index (κ2) is 10.8. The van der Waals surface area contributed by atoms with E-state index in [2.05, 4.69) is 34.1 Å². The molecule has 0 unspecified atom stereocenters. The Morgan fingerprint density at radius 2 is 2.08 bits per heavy atom. The Morgan fingerprint density at radius 3 is 2.82 bits per heavy atom. The lowest BCUT2D eigenvalue weighted by atomic mass is 9.90. The van der Waals surface area contributed by atoms with Gasteiger partial charge in [-0.1, -0.05) is 19.9 Å². The average molecular weight is 528 g/mol. The number of ether oxygens (including phenoxy) is 1. The third-order valence-electron chi connectivity index (χ3n) is 7.65. The van der Waals surface area contributed by atoms with Crippen molar-refractivity contribution >= 4 is 16.9 Å². The Kier molecular flexibility index (Phi) is 7.59. The van der Waals surface area contributed by atoms with E-state index < -0.39 is 23.7 Å². The monoisotopic (exact) mass is 527 g/mol. The molecule has 2 saturated heterocycles. The van der Waals surface area contributed by atoms with Crippen LogP contribution >= 0.6 is 0 Å². The Morgan fingerprint density at radius 1 is 1.26 bits per heavy atom. The predicted molar refractivity (Wildman–Crippen MR) is 141 cm³/mol. The zero-order valence-electron chi connectivity index (χ0n) is 22.0. The van der Waals surface area contributed by atoms with Gasteiger partial charge in [0.2, 0.25) is 5.95 Å². The fraction of sp³-hybridized carbons (Fsp3) is 0.536. The molecule has 2 aromatic heterocycles. The summed E-state index contributed by atoms with van der Waals surface area (Å²) in [5.74, 6) is -0.167. The van der Waals surface area contributed by atoms with Crippen LogP contribution in [0.5, 0.6) is 0 Å². The quantitative estimate of drug-likeness (QED) is 0.445. The van der Waals surface area contributed by atoms with Crippen LogP contribution < -0.4 is 5.32 Å². The molecule has 2 aliphatic rings. The molecule has 0 spiro atoms. The van der Waals surface area contributed by atoms with E-state index in [1.807, 2.05) is 23.2 Å². The van der Waals surface area contributed by atoms with Gasteiger partial charge in [-0.05, 0) is 48.9 Å². The second-order valence-electron chi connectivity index (χ2n) is 11.0. The smallest absolute Gasteiger partial charge is 0.223 e. The van der Waals surface area contributed by atoms with Gasteiger partial charge < -0.3 is 20.3 Å². The topological polar surface area (TPSA) is 104 Å². The number of aromatic nitrogens is 3. The first-order valence-electron chi connectivity index (χ1n) is 13.2. The van der Waals surface area contributed by atoms with Crippen LogP contribution in [-0.4, -0.2) is 80.3 Å². The van der Waals surface area contributed by atoms with Crippen LogP contribution in [0.25, 0.3) is 22.2 Å². The molecule has 4 atom stereocenters. The molecule has 3 aromatic rings. The number of anilines is 1. The van der Waals surface area contributed by atoms with Crippen molar-refractivity contribution in [3.05, 3.63) is 47.5 Å². The number of hydrogen-bond donors (Lipinski definition) is 3. The van der Waals surface area contributed by atoms with Gasteiger partial charge in [-0.15, -0.1) is 0 Å². The normalized spacial score (nSPS) is 26.7. The van der Waals surface area contributed by atoms with Crippen molar-refractivity contribution in [1.82, 2.24) is 19.9 Å². The minimum Gasteiger partial charge on any atom is -0.389 e. The van der Waals surface area contributed by atoms with Gasteiger partial charge in [0.05, 0.1) is 36.1 Å². The number of hydrogen-bond acceptors (Lipinski definition) is 8. The number of halogens is 2. The molecule has 3 N–H and O–H groups in total. The summed E-state index contributed by atoms with van der Waals surface area (Å²) in [5.41, 5.74) is 2.28. The maximum absolute atomic E-state index is 15.0. The molecule has 1 aromatic carbocycles. The van der Waals surface area contributed by atoms with Gasteiger partial charge >= 0.3 is 0 Å². The largest absolute Gasteiger partial charge is 0.389 e. The van der Waals surface area contributed by atoms with Crippen molar-refractivity contribution in [3.63, 3.8) is 0 Å². The summed E-state index contributed by atoms with van der Waals surface area (Å²) in [6.45, 7) is 7.74. The van der Waals surface area contributed by atoms with Gasteiger partial charge in [0, 0.05) is 43.4 Å². The number of pyridine rings is 1. The lowest BCUT2D eigenvalue weighted by Gasteiger charge is -2.39. The number of nitrogens with one attached hydrogen (secondary N) is 1. The minimum absolute atomic E-state index is 0.141. The first kappa shape index (κ1) is 26.8. The number of piperidine rings is 1. The molecule has 0 saturated carbocycles. The maximum atomic E-state index is 15.0. The number of nitrogens with zero attached hydrogens (tertiary/aromatic N) is 4. The molecule has 0 bridgehead atoms. The Bertz CT molecular complexity index is 1300. The molecule has 2 fully saturated rings. The van der Waals surface area contributed by atoms with E-state index in [9.17, 15) is 19.0 Å². The molecule has 2 aliphatic heterocycles. The summed E-state index contributed by atoms with van der Waals surface area (Å²) < 4.78 is 34.8. The summed E-state index contributed by atoms with van der Waals surface area (Å²) in [5, 5.41) is 24.4. The first-order valence-corrected chi connectivity index (χ1v) is 13.2. The van der Waals surface area contributed by atoms with Crippen LogP contribution in [-0.2, 0) is 11.3 Å². The minimum atomic E-state index is -1.32. The van der Waals surface area contributed by atoms with E-state index in [1.165, 1.54) is 0 Å². The van der Waals surface area contributed by atoms with E-state index in [0.29, 0.717) is 38.1 Å². The molecule has 204 valence electrons. The molecule has 5 rings (SSSR count). The maximum Gasteiger partial charge on any atom is 0.223 e. The van der Waals surface area contributed by atoms with Gasteiger partial charge in [-0.2, -0.15) is 0 Å². The fourth-order valence-electron chi connectivity index (χ4n) is 5.35. The van der Waals surface area contributed by atoms with Gasteiger partial charge in [0.15, 0.2) is 5.82 Å². The summed E-state index contributed by atoms with van der Waals surface area (Å²) in [6, 6.07) is 5.27. The molecule has 0 aliphatic carbocycles. The summed E-state index contributed by atoms with van der Waals surface area (Å²) >= 11 is 0. The zero-order valence-corrected chi connectivity index (χ0v) is 22.0. The number of aliphatic hydroxyl groups excluding tert-OH is 1. The van der Waals surface area contributed by atoms with Crippen molar-refractivity contribution in [3.8, 4) is 11.3 Å². The third-order valence-corrected chi connectivity index (χ3v) is 7.65. The standard InChI is InChI=1S/C28H35F2N5O3/c1-16(2)25-18(13-35-8-7-28(3,37)24(30)14-35)11-31-21-5-4-17(10-19(21)25)26-20(29)12-32-27(34-26)33-22-6-9-38-15-23(22)36/h4-5,10-12,16,22-24,36-37H,6-9,13-15H2,1-3H3,(H,32,33,34)/t22-,23-,24-,28+/m1/s1. The fourth-order valence-corrected chi connectivity index (χ4v) is 5.35. The average Bonchev–Trinajstić information content (AvgIpc) is 2.88. The number of likely N-dealkylation sites (tertiary alicyclic amines) is 1. The van der Waals surface area contributed by atoms with Crippen LogP contribution in [0.1, 0.15) is 50.7 Å². The summed E-state index contributed by atoms with van der Waals surface area (Å²) in [4.78, 5) is 15.2. The van der Waals surface area contributed by atoms with Crippen LogP contribution in [0.15, 0.2) is 30.6 Å². The molecular formula is C28H35F2N5O3. The summed E-state index contributed by atoms with van der Waals surface area (Å²) in [7, 11) is 0. The van der Waals surface area contributed by atoms with Gasteiger partial charge in [-0.3, -0.25) is 9.88 Å². The van der Waals surface area contributed by atoms with Crippen molar-refractivity contribution in [2.75, 3.05) is 31.6 Å². The molecule has 0 amide bonds. The van der Waals surface area contributed by atoms with Gasteiger partial charge in [0.25, 0.3) is 0 Å². The second-order valence-corrected chi connectivity index (χ2v) is 11.0. The summed E-state index contributed by atoms with van der Waals surface area (Å²) in [6.07, 6.45) is 1.92. The number of fused-ring (bicyclic) bond motifs is 1. The highest BCUT2D eigenvalue weighted by Crippen LogP contribution is 2.34. The van der Waals surface area contributed by atoms with Crippen LogP contribution in [0, 0.1) is 5.82 Å². The van der Waals surface area contributed by atoms with Crippen LogP contribution in [0.2, 0.25) is 0 Å². The van der Waals surface area contributed by atoms with E-state index >= 15 is 0 Å². The van der Waals surface area contributed by atoms with Gasteiger partial charge in [0.1, 0.15) is 11.9 Å². The molecular weight excluding hydrogens is 492 g/mol. The van der Waals surface area contributed by atoms with Gasteiger partial charge in [-0.25, -0.2) is 18.7 Å². The Balaban J connectivity index is 1.47. The highest BCUT2D eigenvalue weighted by Gasteiger charge is 2.38. The third kappa shape index (κ3) is 5.49. The number of alkyl halides is 1. The predicted octanol–water partition coefficient (Wildman–Crippen LogP) is 3.81. The molecule has 8 nitrogen and oxygen atoms in total. The van der Waals surface area contributed by atoms with E-state index in [0.717, 1.165) is 28.2 Å². The van der Waals surface area contributed by atoms with Crippen molar-refractivity contribution in [2.45, 2.75) is 70.0 Å². The molecule has 0 radical (unpaired) electrons. The number of benzene rings is 1. The molecule has 4 heterocycles. The first-order chi connectivity index (χ1) is 18.1. The number of rotatable bonds is 6. The lowest BCUT2D eigenvalue weighted by Crippen LogP contribution is -2.51. The molecule has 10 heteroatoms. The highest BCUT2D eigenvalue weighted by molar-refractivity contribution is 5.88.